The van der Waals surface area contributed by atoms with Crippen molar-refractivity contribution in [3.8, 4) is 11.1 Å². The summed E-state index contributed by atoms with van der Waals surface area (Å²) in [6.45, 7) is 0. The third-order valence-electron chi connectivity index (χ3n) is 5.04. The Morgan fingerprint density at radius 3 is 1.85 bits per heavy atom. The van der Waals surface area contributed by atoms with Crippen molar-refractivity contribution >= 4 is 11.8 Å². The summed E-state index contributed by atoms with van der Waals surface area (Å²) >= 11 is 1.62. The van der Waals surface area contributed by atoms with Crippen LogP contribution in [0.15, 0.2) is 107 Å². The van der Waals surface area contributed by atoms with E-state index >= 15 is 0 Å². The summed E-state index contributed by atoms with van der Waals surface area (Å²) in [5.74, 6) is 0. The highest BCUT2D eigenvalue weighted by molar-refractivity contribution is 7.99. The van der Waals surface area contributed by atoms with Gasteiger partial charge in [-0.05, 0) is 29.3 Å². The van der Waals surface area contributed by atoms with Crippen LogP contribution in [0.2, 0.25) is 0 Å². The van der Waals surface area contributed by atoms with E-state index < -0.39 is 5.60 Å². The van der Waals surface area contributed by atoms with Crippen LogP contribution in [0.4, 0.5) is 0 Å². The van der Waals surface area contributed by atoms with Crippen molar-refractivity contribution in [2.45, 2.75) is 15.5 Å². The fourth-order valence-electron chi connectivity index (χ4n) is 3.79. The molecule has 0 saturated heterocycles. The molecule has 0 atom stereocenters. The molecule has 2 nitrogen and oxygen atoms in total. The molecule has 0 radical (unpaired) electrons. The highest BCUT2D eigenvalue weighted by Crippen LogP contribution is 2.50. The van der Waals surface area contributed by atoms with Crippen LogP contribution < -0.4 is 0 Å². The van der Waals surface area contributed by atoms with Crippen LogP contribution >= 0.6 is 11.8 Å². The summed E-state index contributed by atoms with van der Waals surface area (Å²) in [4.78, 5) is 5.76. The predicted octanol–water partition coefficient (Wildman–Crippen LogP) is 5.50. The molecule has 0 unspecified atom stereocenters. The van der Waals surface area contributed by atoms with E-state index in [9.17, 15) is 5.11 Å². The number of aliphatic hydroxyl groups is 1. The van der Waals surface area contributed by atoms with Gasteiger partial charge in [0.1, 0.15) is 10.6 Å². The normalized spacial score (nSPS) is 13.8. The Kier molecular flexibility index (Phi) is 3.85. The molecule has 1 N–H and O–H groups in total. The molecular weight excluding hydrogens is 350 g/mol. The zero-order chi connectivity index (χ0) is 18.3. The maximum absolute atomic E-state index is 11.8. The standard InChI is InChI=1S/C24H17NOS/c26-24(17-14-15-23(25-16-17)27-18-8-2-1-3-9-18)21-12-6-4-10-19(21)20-11-5-7-13-22(20)24/h1-16,26H. The minimum absolute atomic E-state index is 0.789. The van der Waals surface area contributed by atoms with E-state index in [0.29, 0.717) is 0 Å². The van der Waals surface area contributed by atoms with Gasteiger partial charge in [-0.25, -0.2) is 4.98 Å². The van der Waals surface area contributed by atoms with Crippen LogP contribution in [0.25, 0.3) is 11.1 Å². The molecular formula is C24H17NOS. The minimum atomic E-state index is -1.17. The summed E-state index contributed by atoms with van der Waals surface area (Å²) < 4.78 is 0. The van der Waals surface area contributed by atoms with Gasteiger partial charge in [0.2, 0.25) is 0 Å². The number of fused-ring (bicyclic) bond motifs is 3. The van der Waals surface area contributed by atoms with Crippen molar-refractivity contribution < 1.29 is 5.11 Å². The number of benzene rings is 3. The zero-order valence-corrected chi connectivity index (χ0v) is 15.4. The topological polar surface area (TPSA) is 33.1 Å². The lowest BCUT2D eigenvalue weighted by Gasteiger charge is -2.26. The average molecular weight is 367 g/mol. The first-order valence-electron chi connectivity index (χ1n) is 8.88. The van der Waals surface area contributed by atoms with Crippen molar-refractivity contribution in [2.75, 3.05) is 0 Å². The first-order chi connectivity index (χ1) is 13.3. The Labute approximate surface area is 162 Å². The lowest BCUT2D eigenvalue weighted by Crippen LogP contribution is -2.26. The van der Waals surface area contributed by atoms with Gasteiger partial charge in [0.05, 0.1) is 0 Å². The molecule has 1 aromatic heterocycles. The van der Waals surface area contributed by atoms with Crippen molar-refractivity contribution in [2.24, 2.45) is 0 Å². The Bertz CT molecular complexity index is 1060. The first kappa shape index (κ1) is 16.3. The Balaban J connectivity index is 1.58. The lowest BCUT2D eigenvalue weighted by molar-refractivity contribution is 0.130. The fraction of sp³-hybridized carbons (Fsp3) is 0.0417. The molecule has 1 aliphatic carbocycles. The van der Waals surface area contributed by atoms with E-state index in [1.54, 1.807) is 18.0 Å². The highest BCUT2D eigenvalue weighted by Gasteiger charge is 2.42. The Morgan fingerprint density at radius 1 is 0.667 bits per heavy atom. The smallest absolute Gasteiger partial charge is 0.143 e. The van der Waals surface area contributed by atoms with Crippen molar-refractivity contribution in [1.82, 2.24) is 4.98 Å². The molecule has 0 saturated carbocycles. The molecule has 27 heavy (non-hydrogen) atoms. The van der Waals surface area contributed by atoms with Crippen LogP contribution in [0, 0.1) is 0 Å². The maximum atomic E-state index is 11.8. The van der Waals surface area contributed by atoms with E-state index in [1.807, 2.05) is 66.7 Å². The number of aromatic nitrogens is 1. The van der Waals surface area contributed by atoms with Gasteiger partial charge in [0.15, 0.2) is 0 Å². The quantitative estimate of drug-likeness (QED) is 0.519. The van der Waals surface area contributed by atoms with Crippen LogP contribution in [-0.4, -0.2) is 10.1 Å². The Hall–Kier alpha value is -2.88. The predicted molar refractivity (Wildman–Crippen MR) is 109 cm³/mol. The third kappa shape index (κ3) is 2.59. The van der Waals surface area contributed by atoms with E-state index in [2.05, 4.69) is 29.2 Å². The van der Waals surface area contributed by atoms with E-state index in [-0.39, 0.29) is 0 Å². The van der Waals surface area contributed by atoms with Gasteiger partial charge in [-0.3, -0.25) is 0 Å². The van der Waals surface area contributed by atoms with Crippen molar-refractivity contribution in [3.05, 3.63) is 114 Å². The maximum Gasteiger partial charge on any atom is 0.143 e. The van der Waals surface area contributed by atoms with Gasteiger partial charge in [-0.15, -0.1) is 0 Å². The average Bonchev–Trinajstić information content (AvgIpc) is 3.00. The number of pyridine rings is 1. The van der Waals surface area contributed by atoms with Crippen LogP contribution in [0.3, 0.4) is 0 Å². The highest BCUT2D eigenvalue weighted by atomic mass is 32.2. The number of nitrogens with zero attached hydrogens (tertiary/aromatic N) is 1. The second kappa shape index (κ2) is 6.38. The molecule has 0 spiro atoms. The second-order valence-corrected chi connectivity index (χ2v) is 7.70. The molecule has 3 heteroatoms. The van der Waals surface area contributed by atoms with E-state index in [1.165, 1.54) is 0 Å². The second-order valence-electron chi connectivity index (χ2n) is 6.60. The summed E-state index contributed by atoms with van der Waals surface area (Å²) in [7, 11) is 0. The molecule has 3 aromatic carbocycles. The third-order valence-corrected chi connectivity index (χ3v) is 6.00. The molecule has 0 aliphatic heterocycles. The molecule has 1 heterocycles. The molecule has 130 valence electrons. The summed E-state index contributed by atoms with van der Waals surface area (Å²) in [5.41, 5.74) is 3.61. The van der Waals surface area contributed by atoms with Crippen molar-refractivity contribution in [1.29, 1.82) is 0 Å². The minimum Gasteiger partial charge on any atom is -0.376 e. The number of hydrogen-bond acceptors (Lipinski definition) is 3. The van der Waals surface area contributed by atoms with Gasteiger partial charge in [-0.1, -0.05) is 84.6 Å². The van der Waals surface area contributed by atoms with Gasteiger partial charge in [-0.2, -0.15) is 0 Å². The lowest BCUT2D eigenvalue weighted by atomic mass is 9.85. The monoisotopic (exact) mass is 367 g/mol. The number of rotatable bonds is 3. The van der Waals surface area contributed by atoms with E-state index in [0.717, 1.165) is 37.7 Å². The SMILES string of the molecule is OC1(c2ccc(Sc3ccccc3)nc2)c2ccccc2-c2ccccc21. The van der Waals surface area contributed by atoms with E-state index in [4.69, 9.17) is 0 Å². The molecule has 5 rings (SSSR count). The van der Waals surface area contributed by atoms with Crippen LogP contribution in [-0.2, 0) is 5.60 Å². The van der Waals surface area contributed by atoms with Gasteiger partial charge >= 0.3 is 0 Å². The van der Waals surface area contributed by atoms with Gasteiger partial charge in [0, 0.05) is 27.8 Å². The summed E-state index contributed by atoms with van der Waals surface area (Å²) in [6, 6.07) is 30.3. The fourth-order valence-corrected chi connectivity index (χ4v) is 4.56. The molecule has 1 aliphatic rings. The molecule has 0 bridgehead atoms. The Morgan fingerprint density at radius 2 is 1.26 bits per heavy atom. The number of hydrogen-bond donors (Lipinski definition) is 1. The molecule has 0 amide bonds. The van der Waals surface area contributed by atoms with Crippen LogP contribution in [0.1, 0.15) is 16.7 Å². The largest absolute Gasteiger partial charge is 0.376 e. The zero-order valence-electron chi connectivity index (χ0n) is 14.5. The molecule has 4 aromatic rings. The summed E-state index contributed by atoms with van der Waals surface area (Å²) in [5, 5.41) is 12.7. The molecule has 0 fully saturated rings. The van der Waals surface area contributed by atoms with Crippen LogP contribution in [0.5, 0.6) is 0 Å². The summed E-state index contributed by atoms with van der Waals surface area (Å²) in [6.07, 6.45) is 1.80. The van der Waals surface area contributed by atoms with Gasteiger partial charge < -0.3 is 5.11 Å². The van der Waals surface area contributed by atoms with Gasteiger partial charge in [0.25, 0.3) is 0 Å². The first-order valence-corrected chi connectivity index (χ1v) is 9.69. The van der Waals surface area contributed by atoms with Crippen molar-refractivity contribution in [3.63, 3.8) is 0 Å².